The number of nitrogens with one attached hydrogen (secondary N) is 1. The van der Waals surface area contributed by atoms with Crippen LogP contribution in [-0.2, 0) is 14.3 Å². The number of alkyl carbamates (subject to hydrolysis) is 1. The van der Waals surface area contributed by atoms with Crippen LogP contribution in [0.25, 0.3) is 11.1 Å². The number of carbonyl (C=O) groups excluding carboxylic acids is 2. The third-order valence-corrected chi connectivity index (χ3v) is 7.03. The van der Waals surface area contributed by atoms with E-state index >= 15 is 0 Å². The van der Waals surface area contributed by atoms with Gasteiger partial charge in [-0.25, -0.2) is 9.59 Å². The van der Waals surface area contributed by atoms with Gasteiger partial charge in [-0.1, -0.05) is 62.4 Å². The van der Waals surface area contributed by atoms with Crippen molar-refractivity contribution < 1.29 is 24.2 Å². The molecule has 0 spiro atoms. The Morgan fingerprint density at radius 1 is 1.03 bits per heavy atom. The van der Waals surface area contributed by atoms with Crippen LogP contribution in [0.2, 0.25) is 0 Å². The predicted octanol–water partition coefficient (Wildman–Crippen LogP) is 4.41. The summed E-state index contributed by atoms with van der Waals surface area (Å²) in [6.07, 6.45) is 1.67. The molecule has 2 aromatic rings. The summed E-state index contributed by atoms with van der Waals surface area (Å²) in [6.45, 7) is 4.91. The van der Waals surface area contributed by atoms with Crippen molar-refractivity contribution in [2.24, 2.45) is 5.41 Å². The molecule has 1 atom stereocenters. The molecule has 7 nitrogen and oxygen atoms in total. The van der Waals surface area contributed by atoms with E-state index in [2.05, 4.69) is 29.6 Å². The molecule has 4 rings (SSSR count). The fourth-order valence-electron chi connectivity index (χ4n) is 5.22. The molecular formula is C27H32N2O5. The summed E-state index contributed by atoms with van der Waals surface area (Å²) in [4.78, 5) is 37.9. The molecule has 180 valence electrons. The molecule has 2 N–H and O–H groups in total. The van der Waals surface area contributed by atoms with Gasteiger partial charge in [0, 0.05) is 25.4 Å². The Bertz CT molecular complexity index is 1030. The highest BCUT2D eigenvalue weighted by molar-refractivity contribution is 5.85. The summed E-state index contributed by atoms with van der Waals surface area (Å²) >= 11 is 0. The molecule has 1 unspecified atom stereocenters. The Hall–Kier alpha value is -3.35. The minimum Gasteiger partial charge on any atom is -0.480 e. The lowest BCUT2D eigenvalue weighted by molar-refractivity contribution is -0.151. The van der Waals surface area contributed by atoms with Crippen LogP contribution in [0.1, 0.15) is 56.6 Å². The number of carboxylic acids is 1. The lowest BCUT2D eigenvalue weighted by Gasteiger charge is -2.29. The van der Waals surface area contributed by atoms with Gasteiger partial charge in [0.05, 0.1) is 0 Å². The third-order valence-electron chi connectivity index (χ3n) is 7.03. The summed E-state index contributed by atoms with van der Waals surface area (Å²) in [7, 11) is 0. The van der Waals surface area contributed by atoms with Crippen molar-refractivity contribution in [2.75, 3.05) is 19.7 Å². The lowest BCUT2D eigenvalue weighted by atomic mass is 9.85. The number of hydrogen-bond acceptors (Lipinski definition) is 4. The zero-order valence-electron chi connectivity index (χ0n) is 19.8. The first-order valence-electron chi connectivity index (χ1n) is 11.9. The average molecular weight is 465 g/mol. The number of rotatable bonds is 8. The highest BCUT2D eigenvalue weighted by Gasteiger charge is 2.46. The maximum absolute atomic E-state index is 12.5. The number of likely N-dealkylation sites (tertiary alicyclic amines) is 1. The van der Waals surface area contributed by atoms with Crippen molar-refractivity contribution in [2.45, 2.75) is 51.5 Å². The molecule has 1 heterocycles. The van der Waals surface area contributed by atoms with Gasteiger partial charge in [0.15, 0.2) is 0 Å². The van der Waals surface area contributed by atoms with Gasteiger partial charge in [0.1, 0.15) is 12.6 Å². The van der Waals surface area contributed by atoms with Crippen LogP contribution in [0, 0.1) is 5.41 Å². The molecule has 0 radical (unpaired) electrons. The smallest absolute Gasteiger partial charge is 0.407 e. The molecule has 7 heteroatoms. The number of ether oxygens (including phenoxy) is 1. The van der Waals surface area contributed by atoms with Gasteiger partial charge >= 0.3 is 12.1 Å². The number of fused-ring (bicyclic) bond motifs is 3. The number of carboxylic acid groups (broad SMARTS) is 1. The quantitative estimate of drug-likeness (QED) is 0.565. The van der Waals surface area contributed by atoms with Gasteiger partial charge in [0.2, 0.25) is 5.91 Å². The number of hydrogen-bond donors (Lipinski definition) is 2. The van der Waals surface area contributed by atoms with E-state index in [4.69, 9.17) is 4.74 Å². The Morgan fingerprint density at radius 2 is 1.65 bits per heavy atom. The Morgan fingerprint density at radius 3 is 2.26 bits per heavy atom. The number of nitrogens with zero attached hydrogens (tertiary/aromatic N) is 1. The number of benzene rings is 2. The van der Waals surface area contributed by atoms with E-state index < -0.39 is 23.5 Å². The summed E-state index contributed by atoms with van der Waals surface area (Å²) in [6, 6.07) is 15.6. The maximum atomic E-state index is 12.5. The van der Waals surface area contributed by atoms with Crippen LogP contribution in [0.4, 0.5) is 4.79 Å². The normalized spacial score (nSPS) is 18.3. The van der Waals surface area contributed by atoms with E-state index in [0.29, 0.717) is 32.4 Å². The SMILES string of the molecule is CC1(C)CCN(C(=O)CCCCNC(=O)OCC2c3ccccc3-c3ccccc32)C1C(=O)O. The standard InChI is InChI=1S/C27H32N2O5/c1-27(2)14-16-29(24(27)25(31)32)23(30)13-7-8-15-28-26(33)34-17-22-20-11-5-3-9-18(20)19-10-4-6-12-21(19)22/h3-6,9-12,22,24H,7-8,13-17H2,1-2H3,(H,28,33)(H,31,32). The molecule has 34 heavy (non-hydrogen) atoms. The first kappa shape index (κ1) is 23.8. The molecule has 2 amide bonds. The fraction of sp³-hybridized carbons (Fsp3) is 0.444. The lowest BCUT2D eigenvalue weighted by Crippen LogP contribution is -2.46. The van der Waals surface area contributed by atoms with Crippen molar-refractivity contribution in [3.63, 3.8) is 0 Å². The first-order chi connectivity index (χ1) is 16.3. The van der Waals surface area contributed by atoms with Gasteiger partial charge < -0.3 is 20.1 Å². The molecule has 1 aliphatic carbocycles. The Balaban J connectivity index is 1.20. The van der Waals surface area contributed by atoms with Crippen molar-refractivity contribution in [3.05, 3.63) is 59.7 Å². The number of aliphatic carboxylic acids is 1. The largest absolute Gasteiger partial charge is 0.480 e. The Labute approximate surface area is 200 Å². The van der Waals surface area contributed by atoms with E-state index in [1.54, 1.807) is 0 Å². The molecule has 1 fully saturated rings. The van der Waals surface area contributed by atoms with Crippen LogP contribution >= 0.6 is 0 Å². The summed E-state index contributed by atoms with van der Waals surface area (Å²) in [5.41, 5.74) is 4.28. The van der Waals surface area contributed by atoms with Crippen molar-refractivity contribution in [1.29, 1.82) is 0 Å². The second-order valence-electron chi connectivity index (χ2n) is 9.78. The van der Waals surface area contributed by atoms with Crippen molar-refractivity contribution >= 4 is 18.0 Å². The van der Waals surface area contributed by atoms with E-state index in [1.807, 2.05) is 38.1 Å². The van der Waals surface area contributed by atoms with Gasteiger partial charge in [-0.2, -0.15) is 0 Å². The fourth-order valence-corrected chi connectivity index (χ4v) is 5.22. The predicted molar refractivity (Wildman–Crippen MR) is 128 cm³/mol. The topological polar surface area (TPSA) is 95.9 Å². The van der Waals surface area contributed by atoms with Crippen molar-refractivity contribution in [1.82, 2.24) is 10.2 Å². The minimum atomic E-state index is -0.951. The average Bonchev–Trinajstić information content (AvgIpc) is 3.31. The molecule has 0 aromatic heterocycles. The maximum Gasteiger partial charge on any atom is 0.407 e. The second-order valence-corrected chi connectivity index (χ2v) is 9.78. The molecule has 0 bridgehead atoms. The molecule has 2 aliphatic rings. The third kappa shape index (κ3) is 4.79. The monoisotopic (exact) mass is 464 g/mol. The van der Waals surface area contributed by atoms with E-state index in [0.717, 1.165) is 0 Å². The number of amides is 2. The van der Waals surface area contributed by atoms with Gasteiger partial charge in [-0.3, -0.25) is 4.79 Å². The van der Waals surface area contributed by atoms with E-state index in [1.165, 1.54) is 27.2 Å². The zero-order valence-corrected chi connectivity index (χ0v) is 19.8. The molecule has 2 aromatic carbocycles. The highest BCUT2D eigenvalue weighted by Crippen LogP contribution is 2.44. The van der Waals surface area contributed by atoms with E-state index in [9.17, 15) is 19.5 Å². The number of carbonyl (C=O) groups is 3. The molecular weight excluding hydrogens is 432 g/mol. The van der Waals surface area contributed by atoms with E-state index in [-0.39, 0.29) is 24.9 Å². The minimum absolute atomic E-state index is 0.0164. The summed E-state index contributed by atoms with van der Waals surface area (Å²) < 4.78 is 5.52. The molecule has 0 saturated carbocycles. The zero-order chi connectivity index (χ0) is 24.3. The van der Waals surface area contributed by atoms with Gasteiger partial charge in [-0.15, -0.1) is 0 Å². The highest BCUT2D eigenvalue weighted by atomic mass is 16.5. The van der Waals surface area contributed by atoms with Gasteiger partial charge in [-0.05, 0) is 46.9 Å². The van der Waals surface area contributed by atoms with Crippen molar-refractivity contribution in [3.8, 4) is 11.1 Å². The van der Waals surface area contributed by atoms with Gasteiger partial charge in [0.25, 0.3) is 0 Å². The summed E-state index contributed by atoms with van der Waals surface area (Å²) in [5, 5.41) is 12.3. The number of unbranched alkanes of at least 4 members (excludes halogenated alkanes) is 1. The second kappa shape index (κ2) is 9.87. The first-order valence-corrected chi connectivity index (χ1v) is 11.9. The van der Waals surface area contributed by atoms with Crippen LogP contribution < -0.4 is 5.32 Å². The van der Waals surface area contributed by atoms with Crippen LogP contribution in [0.15, 0.2) is 48.5 Å². The Kier molecular flexibility index (Phi) is 6.91. The molecule has 1 saturated heterocycles. The van der Waals surface area contributed by atoms with Crippen LogP contribution in [-0.4, -0.2) is 53.7 Å². The summed E-state index contributed by atoms with van der Waals surface area (Å²) in [5.74, 6) is -1.07. The van der Waals surface area contributed by atoms with Crippen LogP contribution in [0.5, 0.6) is 0 Å². The van der Waals surface area contributed by atoms with Crippen LogP contribution in [0.3, 0.4) is 0 Å². The molecule has 1 aliphatic heterocycles.